The second-order valence-corrected chi connectivity index (χ2v) is 5.20. The molecule has 0 atom stereocenters. The first-order valence-electron chi connectivity index (χ1n) is 6.01. The molecule has 1 aromatic rings. The van der Waals surface area contributed by atoms with Gasteiger partial charge in [-0.3, -0.25) is 4.79 Å². The lowest BCUT2D eigenvalue weighted by molar-refractivity contribution is 0.0608. The molecular formula is C12H20N4O. The number of carbonyl (C=O) groups is 1. The molecule has 1 amide bonds. The lowest BCUT2D eigenvalue weighted by atomic mass is 9.80. The Morgan fingerprint density at radius 3 is 2.65 bits per heavy atom. The molecule has 0 aliphatic carbocycles. The summed E-state index contributed by atoms with van der Waals surface area (Å²) in [5, 5.41) is 0. The maximum atomic E-state index is 12.2. The summed E-state index contributed by atoms with van der Waals surface area (Å²) in [6.45, 7) is 4.47. The molecule has 0 bridgehead atoms. The predicted molar refractivity (Wildman–Crippen MR) is 65.5 cm³/mol. The van der Waals surface area contributed by atoms with Crippen molar-refractivity contribution in [2.45, 2.75) is 19.8 Å². The minimum Gasteiger partial charge on any atom is -0.337 e. The molecule has 0 unspecified atom stereocenters. The second-order valence-electron chi connectivity index (χ2n) is 5.20. The molecule has 1 aliphatic rings. The Balaban J connectivity index is 2.02. The van der Waals surface area contributed by atoms with Gasteiger partial charge in [0.2, 0.25) is 0 Å². The van der Waals surface area contributed by atoms with Gasteiger partial charge in [-0.2, -0.15) is 0 Å². The molecule has 0 aromatic carbocycles. The molecule has 2 N–H and O–H groups in total. The monoisotopic (exact) mass is 236 g/mol. The van der Waals surface area contributed by atoms with E-state index in [1.54, 1.807) is 17.1 Å². The van der Waals surface area contributed by atoms with Gasteiger partial charge in [0.1, 0.15) is 5.69 Å². The van der Waals surface area contributed by atoms with Crippen LogP contribution in [0, 0.1) is 5.41 Å². The quantitative estimate of drug-likeness (QED) is 0.818. The van der Waals surface area contributed by atoms with Gasteiger partial charge in [-0.1, -0.05) is 6.92 Å². The topological polar surface area (TPSA) is 64.2 Å². The van der Waals surface area contributed by atoms with E-state index in [1.807, 2.05) is 11.9 Å². The number of nitrogens with two attached hydrogens (primary N) is 1. The Morgan fingerprint density at radius 2 is 2.18 bits per heavy atom. The smallest absolute Gasteiger partial charge is 0.272 e. The third kappa shape index (κ3) is 2.34. The van der Waals surface area contributed by atoms with E-state index in [2.05, 4.69) is 11.9 Å². The Labute approximate surface area is 102 Å². The number of nitrogens with zero attached hydrogens (tertiary/aromatic N) is 3. The van der Waals surface area contributed by atoms with E-state index < -0.39 is 0 Å². The summed E-state index contributed by atoms with van der Waals surface area (Å²) in [5.41, 5.74) is 6.61. The molecule has 1 aliphatic heterocycles. The van der Waals surface area contributed by atoms with Gasteiger partial charge in [0.25, 0.3) is 5.91 Å². The van der Waals surface area contributed by atoms with Crippen molar-refractivity contribution >= 4 is 5.91 Å². The number of amides is 1. The predicted octanol–water partition coefficient (Wildman–Crippen LogP) is 0.621. The molecule has 1 aromatic heterocycles. The summed E-state index contributed by atoms with van der Waals surface area (Å²) in [6.07, 6.45) is 5.24. The molecule has 17 heavy (non-hydrogen) atoms. The van der Waals surface area contributed by atoms with Crippen LogP contribution in [0.3, 0.4) is 0 Å². The highest BCUT2D eigenvalue weighted by Gasteiger charge is 2.31. The van der Waals surface area contributed by atoms with Crippen molar-refractivity contribution in [3.05, 3.63) is 18.2 Å². The first-order chi connectivity index (χ1) is 8.06. The van der Waals surface area contributed by atoms with Gasteiger partial charge in [0, 0.05) is 20.1 Å². The van der Waals surface area contributed by atoms with Gasteiger partial charge >= 0.3 is 0 Å². The van der Waals surface area contributed by atoms with Crippen LogP contribution in [-0.2, 0) is 7.05 Å². The average molecular weight is 236 g/mol. The molecule has 0 radical (unpaired) electrons. The number of likely N-dealkylation sites (tertiary alicyclic amines) is 1. The van der Waals surface area contributed by atoms with E-state index in [4.69, 9.17) is 5.73 Å². The zero-order valence-electron chi connectivity index (χ0n) is 10.5. The molecule has 94 valence electrons. The molecule has 0 spiro atoms. The van der Waals surface area contributed by atoms with Crippen molar-refractivity contribution in [2.75, 3.05) is 19.6 Å². The Bertz CT molecular complexity index is 404. The Kier molecular flexibility index (Phi) is 3.19. The third-order valence-corrected chi connectivity index (χ3v) is 3.79. The Morgan fingerprint density at radius 1 is 1.53 bits per heavy atom. The lowest BCUT2D eigenvalue weighted by Crippen LogP contribution is -2.45. The number of aryl methyl sites for hydroxylation is 1. The summed E-state index contributed by atoms with van der Waals surface area (Å²) >= 11 is 0. The summed E-state index contributed by atoms with van der Waals surface area (Å²) in [4.78, 5) is 18.1. The SMILES string of the molecule is Cn1cncc1C(=O)N1CCC(C)(CN)CC1. The first-order valence-corrected chi connectivity index (χ1v) is 6.01. The molecule has 0 saturated carbocycles. The van der Waals surface area contributed by atoms with Crippen LogP contribution in [0.2, 0.25) is 0 Å². The standard InChI is InChI=1S/C12H20N4O/c1-12(8-13)3-5-16(6-4-12)11(17)10-7-14-9-15(10)2/h7,9H,3-6,8,13H2,1-2H3. The van der Waals surface area contributed by atoms with Crippen molar-refractivity contribution in [1.82, 2.24) is 14.5 Å². The van der Waals surface area contributed by atoms with Crippen LogP contribution in [-0.4, -0.2) is 40.0 Å². The van der Waals surface area contributed by atoms with Crippen molar-refractivity contribution in [3.63, 3.8) is 0 Å². The van der Waals surface area contributed by atoms with E-state index >= 15 is 0 Å². The molecule has 5 nitrogen and oxygen atoms in total. The zero-order valence-corrected chi connectivity index (χ0v) is 10.5. The van der Waals surface area contributed by atoms with Crippen LogP contribution >= 0.6 is 0 Å². The minimum absolute atomic E-state index is 0.0732. The van der Waals surface area contributed by atoms with E-state index in [0.29, 0.717) is 12.2 Å². The molecular weight excluding hydrogens is 216 g/mol. The van der Waals surface area contributed by atoms with Crippen molar-refractivity contribution in [1.29, 1.82) is 0 Å². The summed E-state index contributed by atoms with van der Waals surface area (Å²) in [7, 11) is 1.84. The highest BCUT2D eigenvalue weighted by Crippen LogP contribution is 2.29. The lowest BCUT2D eigenvalue weighted by Gasteiger charge is -2.38. The number of hydrogen-bond acceptors (Lipinski definition) is 3. The van der Waals surface area contributed by atoms with Gasteiger partial charge in [0.05, 0.1) is 12.5 Å². The van der Waals surface area contributed by atoms with Crippen molar-refractivity contribution in [2.24, 2.45) is 18.2 Å². The van der Waals surface area contributed by atoms with Crippen LogP contribution in [0.25, 0.3) is 0 Å². The fourth-order valence-corrected chi connectivity index (χ4v) is 2.18. The van der Waals surface area contributed by atoms with Crippen molar-refractivity contribution < 1.29 is 4.79 Å². The molecule has 1 saturated heterocycles. The molecule has 1 fully saturated rings. The number of carbonyl (C=O) groups excluding carboxylic acids is 1. The van der Waals surface area contributed by atoms with Crippen LogP contribution < -0.4 is 5.73 Å². The number of piperidine rings is 1. The second kappa shape index (κ2) is 4.49. The highest BCUT2D eigenvalue weighted by atomic mass is 16.2. The number of hydrogen-bond donors (Lipinski definition) is 1. The largest absolute Gasteiger partial charge is 0.337 e. The third-order valence-electron chi connectivity index (χ3n) is 3.79. The number of aromatic nitrogens is 2. The van der Waals surface area contributed by atoms with Crippen LogP contribution in [0.15, 0.2) is 12.5 Å². The van der Waals surface area contributed by atoms with Crippen LogP contribution in [0.1, 0.15) is 30.3 Å². The van der Waals surface area contributed by atoms with E-state index in [1.165, 1.54) is 0 Å². The summed E-state index contributed by atoms with van der Waals surface area (Å²) in [6, 6.07) is 0. The van der Waals surface area contributed by atoms with Crippen LogP contribution in [0.4, 0.5) is 0 Å². The van der Waals surface area contributed by atoms with E-state index in [9.17, 15) is 4.79 Å². The maximum absolute atomic E-state index is 12.2. The van der Waals surface area contributed by atoms with Gasteiger partial charge in [-0.25, -0.2) is 4.98 Å². The first kappa shape index (κ1) is 12.1. The average Bonchev–Trinajstić information content (AvgIpc) is 2.76. The van der Waals surface area contributed by atoms with Gasteiger partial charge in [-0.05, 0) is 24.8 Å². The van der Waals surface area contributed by atoms with E-state index in [-0.39, 0.29) is 11.3 Å². The van der Waals surface area contributed by atoms with E-state index in [0.717, 1.165) is 25.9 Å². The summed E-state index contributed by atoms with van der Waals surface area (Å²) in [5.74, 6) is 0.0732. The zero-order chi connectivity index (χ0) is 12.5. The minimum atomic E-state index is 0.0732. The molecule has 2 heterocycles. The fraction of sp³-hybridized carbons (Fsp3) is 0.667. The van der Waals surface area contributed by atoms with Gasteiger partial charge < -0.3 is 15.2 Å². The van der Waals surface area contributed by atoms with Gasteiger partial charge in [-0.15, -0.1) is 0 Å². The molecule has 5 heteroatoms. The highest BCUT2D eigenvalue weighted by molar-refractivity contribution is 5.92. The normalized spacial score (nSPS) is 19.4. The Hall–Kier alpha value is -1.36. The maximum Gasteiger partial charge on any atom is 0.272 e. The number of imidazole rings is 1. The number of rotatable bonds is 2. The summed E-state index contributed by atoms with van der Waals surface area (Å²) < 4.78 is 1.76. The van der Waals surface area contributed by atoms with Crippen molar-refractivity contribution in [3.8, 4) is 0 Å². The molecule has 2 rings (SSSR count). The fourth-order valence-electron chi connectivity index (χ4n) is 2.18. The van der Waals surface area contributed by atoms with Crippen LogP contribution in [0.5, 0.6) is 0 Å². The van der Waals surface area contributed by atoms with Gasteiger partial charge in [0.15, 0.2) is 0 Å².